The van der Waals surface area contributed by atoms with Gasteiger partial charge in [-0.05, 0) is 48.4 Å². The second-order valence-corrected chi connectivity index (χ2v) is 8.65. The van der Waals surface area contributed by atoms with E-state index in [4.69, 9.17) is 23.2 Å². The van der Waals surface area contributed by atoms with E-state index in [9.17, 15) is 10.1 Å². The monoisotopic (exact) mass is 482 g/mol. The molecule has 3 aromatic carbocycles. The number of anilines is 1. The van der Waals surface area contributed by atoms with Crippen LogP contribution >= 0.6 is 23.2 Å². The highest BCUT2D eigenvalue weighted by atomic mass is 35.5. The molecule has 0 radical (unpaired) electrons. The number of nitrogens with zero attached hydrogens (tertiary/aromatic N) is 2. The number of aromatic nitrogens is 1. The van der Waals surface area contributed by atoms with Gasteiger partial charge < -0.3 is 15.2 Å². The summed E-state index contributed by atoms with van der Waals surface area (Å²) in [6, 6.07) is 20.4. The molecule has 0 saturated heterocycles. The number of hydrogen-bond donors (Lipinski definition) is 2. The maximum absolute atomic E-state index is 10.8. The van der Waals surface area contributed by atoms with Gasteiger partial charge in [0, 0.05) is 70.6 Å². The van der Waals surface area contributed by atoms with E-state index in [1.165, 1.54) is 34.3 Å². The Bertz CT molecular complexity index is 1290. The number of hydrogen-bond acceptors (Lipinski definition) is 4. The molecule has 8 heteroatoms. The maximum Gasteiger partial charge on any atom is 0.269 e. The minimum atomic E-state index is -0.398. The van der Waals surface area contributed by atoms with Crippen molar-refractivity contribution in [3.05, 3.63) is 104 Å². The van der Waals surface area contributed by atoms with Crippen LogP contribution in [0.4, 0.5) is 11.4 Å². The zero-order valence-corrected chi connectivity index (χ0v) is 19.7. The predicted octanol–water partition coefficient (Wildman–Crippen LogP) is 6.41. The van der Waals surface area contributed by atoms with Crippen LogP contribution in [0.2, 0.25) is 10.0 Å². The summed E-state index contributed by atoms with van der Waals surface area (Å²) in [7, 11) is 0. The molecule has 0 saturated carbocycles. The van der Waals surface area contributed by atoms with Crippen LogP contribution < -0.4 is 10.6 Å². The summed E-state index contributed by atoms with van der Waals surface area (Å²) in [6.07, 6.45) is 0. The number of fused-ring (bicyclic) bond motifs is 1. The van der Waals surface area contributed by atoms with Crippen molar-refractivity contribution >= 4 is 45.5 Å². The van der Waals surface area contributed by atoms with Crippen molar-refractivity contribution in [1.82, 2.24) is 9.88 Å². The minimum Gasteiger partial charge on any atom is -0.384 e. The first-order chi connectivity index (χ1) is 15.9. The van der Waals surface area contributed by atoms with Crippen molar-refractivity contribution < 1.29 is 4.92 Å². The highest BCUT2D eigenvalue weighted by Crippen LogP contribution is 2.29. The lowest BCUT2D eigenvalue weighted by Crippen LogP contribution is -2.22. The van der Waals surface area contributed by atoms with Gasteiger partial charge in [-0.15, -0.1) is 0 Å². The number of halogens is 2. The molecule has 0 fully saturated rings. The third kappa shape index (κ3) is 5.30. The Balaban J connectivity index is 1.42. The third-order valence-corrected chi connectivity index (χ3v) is 6.30. The van der Waals surface area contributed by atoms with Gasteiger partial charge in [-0.1, -0.05) is 47.5 Å². The smallest absolute Gasteiger partial charge is 0.269 e. The van der Waals surface area contributed by atoms with Gasteiger partial charge in [-0.2, -0.15) is 0 Å². The van der Waals surface area contributed by atoms with Crippen LogP contribution in [0.25, 0.3) is 10.9 Å². The van der Waals surface area contributed by atoms with E-state index in [0.717, 1.165) is 24.3 Å². The van der Waals surface area contributed by atoms with E-state index < -0.39 is 4.92 Å². The molecule has 0 amide bonds. The average Bonchev–Trinajstić information content (AvgIpc) is 3.06. The lowest BCUT2D eigenvalue weighted by atomic mass is 10.1. The molecule has 0 aliphatic rings. The molecular formula is C25H24Cl2N4O2. The third-order valence-electron chi connectivity index (χ3n) is 5.72. The average molecular weight is 483 g/mol. The molecule has 4 aromatic rings. The van der Waals surface area contributed by atoms with Crippen molar-refractivity contribution in [1.29, 1.82) is 0 Å². The zero-order chi connectivity index (χ0) is 23.4. The first-order valence-electron chi connectivity index (χ1n) is 10.6. The molecule has 0 spiro atoms. The van der Waals surface area contributed by atoms with Crippen LogP contribution in [0.15, 0.2) is 66.7 Å². The molecule has 6 nitrogen and oxygen atoms in total. The van der Waals surface area contributed by atoms with Gasteiger partial charge in [0.25, 0.3) is 5.69 Å². The van der Waals surface area contributed by atoms with E-state index in [0.29, 0.717) is 23.1 Å². The van der Waals surface area contributed by atoms with Crippen LogP contribution in [0.3, 0.4) is 0 Å². The van der Waals surface area contributed by atoms with Gasteiger partial charge in [0.1, 0.15) is 0 Å². The topological polar surface area (TPSA) is 72.1 Å². The van der Waals surface area contributed by atoms with Crippen molar-refractivity contribution in [2.24, 2.45) is 0 Å². The summed E-state index contributed by atoms with van der Waals surface area (Å²) < 4.78 is 2.29. The standard InChI is InChI=1S/C25H24Cl2N4O2/c1-17-23(15-28-12-13-29-20-8-10-21(11-9-20)31(32)33)22-4-2-3-5-25(22)30(17)16-18-6-7-19(26)14-24(18)27/h2-11,14,28-29H,12-13,15-16H2,1H3. The van der Waals surface area contributed by atoms with Crippen LogP contribution in [-0.4, -0.2) is 22.6 Å². The summed E-state index contributed by atoms with van der Waals surface area (Å²) in [5, 5.41) is 20.1. The van der Waals surface area contributed by atoms with Crippen LogP contribution in [-0.2, 0) is 13.1 Å². The Hall–Kier alpha value is -3.06. The van der Waals surface area contributed by atoms with E-state index in [2.05, 4.69) is 40.3 Å². The van der Waals surface area contributed by atoms with Crippen molar-refractivity contribution in [3.8, 4) is 0 Å². The molecule has 0 aliphatic heterocycles. The summed E-state index contributed by atoms with van der Waals surface area (Å²) in [5.74, 6) is 0. The lowest BCUT2D eigenvalue weighted by Gasteiger charge is -2.11. The number of nitrogens with one attached hydrogen (secondary N) is 2. The van der Waals surface area contributed by atoms with Gasteiger partial charge >= 0.3 is 0 Å². The van der Waals surface area contributed by atoms with Crippen molar-refractivity contribution in [2.75, 3.05) is 18.4 Å². The van der Waals surface area contributed by atoms with E-state index in [1.54, 1.807) is 18.2 Å². The Labute approximate surface area is 202 Å². The highest BCUT2D eigenvalue weighted by Gasteiger charge is 2.15. The largest absolute Gasteiger partial charge is 0.384 e. The molecule has 0 bridgehead atoms. The first-order valence-corrected chi connectivity index (χ1v) is 11.4. The summed E-state index contributed by atoms with van der Waals surface area (Å²) >= 11 is 12.5. The van der Waals surface area contributed by atoms with Gasteiger partial charge in [-0.25, -0.2) is 0 Å². The normalized spacial score (nSPS) is 11.1. The molecule has 0 unspecified atom stereocenters. The number of nitro groups is 1. The molecule has 0 atom stereocenters. The fraction of sp³-hybridized carbons (Fsp3) is 0.200. The number of para-hydroxylation sites is 1. The van der Waals surface area contributed by atoms with Gasteiger partial charge in [0.05, 0.1) is 4.92 Å². The van der Waals surface area contributed by atoms with Crippen molar-refractivity contribution in [2.45, 2.75) is 20.0 Å². The molecule has 1 heterocycles. The van der Waals surface area contributed by atoms with Crippen LogP contribution in [0, 0.1) is 17.0 Å². The van der Waals surface area contributed by atoms with Crippen molar-refractivity contribution in [3.63, 3.8) is 0 Å². The summed E-state index contributed by atoms with van der Waals surface area (Å²) in [5.41, 5.74) is 5.59. The Morgan fingerprint density at radius 2 is 1.76 bits per heavy atom. The van der Waals surface area contributed by atoms with E-state index >= 15 is 0 Å². The molecule has 170 valence electrons. The number of benzene rings is 3. The number of non-ortho nitro benzene ring substituents is 1. The highest BCUT2D eigenvalue weighted by molar-refractivity contribution is 6.35. The lowest BCUT2D eigenvalue weighted by molar-refractivity contribution is -0.384. The van der Waals surface area contributed by atoms with Gasteiger partial charge in [0.2, 0.25) is 0 Å². The second-order valence-electron chi connectivity index (χ2n) is 7.81. The number of nitro benzene ring substituents is 1. The van der Waals surface area contributed by atoms with Gasteiger partial charge in [0.15, 0.2) is 0 Å². The Morgan fingerprint density at radius 3 is 2.48 bits per heavy atom. The molecule has 2 N–H and O–H groups in total. The second kappa shape index (κ2) is 10.3. The first kappa shape index (κ1) is 23.1. The Morgan fingerprint density at radius 1 is 1.00 bits per heavy atom. The number of rotatable bonds is 9. The van der Waals surface area contributed by atoms with E-state index in [-0.39, 0.29) is 5.69 Å². The predicted molar refractivity (Wildman–Crippen MR) is 136 cm³/mol. The summed E-state index contributed by atoms with van der Waals surface area (Å²) in [4.78, 5) is 10.4. The SMILES string of the molecule is Cc1c(CNCCNc2ccc([N+](=O)[O-])cc2)c2ccccc2n1Cc1ccc(Cl)cc1Cl. The Kier molecular flexibility index (Phi) is 7.18. The molecule has 33 heavy (non-hydrogen) atoms. The van der Waals surface area contributed by atoms with E-state index in [1.807, 2.05) is 18.2 Å². The fourth-order valence-electron chi connectivity index (χ4n) is 3.96. The molecule has 1 aromatic heterocycles. The van der Waals surface area contributed by atoms with Crippen LogP contribution in [0.1, 0.15) is 16.8 Å². The summed E-state index contributed by atoms with van der Waals surface area (Å²) in [6.45, 7) is 4.99. The van der Waals surface area contributed by atoms with Crippen LogP contribution in [0.5, 0.6) is 0 Å². The molecule has 0 aliphatic carbocycles. The molecular weight excluding hydrogens is 459 g/mol. The fourth-order valence-corrected chi connectivity index (χ4v) is 4.43. The van der Waals surface area contributed by atoms with Gasteiger partial charge in [-0.3, -0.25) is 10.1 Å². The minimum absolute atomic E-state index is 0.0884. The maximum atomic E-state index is 10.8. The zero-order valence-electron chi connectivity index (χ0n) is 18.1. The quantitative estimate of drug-likeness (QED) is 0.164. The molecule has 4 rings (SSSR count).